The molecule has 1 fully saturated rings. The predicted octanol–water partition coefficient (Wildman–Crippen LogP) is 4.13. The van der Waals surface area contributed by atoms with Crippen molar-refractivity contribution in [2.24, 2.45) is 0 Å². The van der Waals surface area contributed by atoms with E-state index < -0.39 is 5.60 Å². The van der Waals surface area contributed by atoms with Gasteiger partial charge in [-0.1, -0.05) is 22.9 Å². The molecule has 0 unspecified atom stereocenters. The molecule has 1 saturated heterocycles. The van der Waals surface area contributed by atoms with E-state index in [-0.39, 0.29) is 11.8 Å². The van der Waals surface area contributed by atoms with Gasteiger partial charge in [0.2, 0.25) is 0 Å². The molecule has 7 nitrogen and oxygen atoms in total. The number of benzene rings is 2. The molecule has 0 atom stereocenters. The van der Waals surface area contributed by atoms with Crippen LogP contribution < -0.4 is 10.1 Å². The van der Waals surface area contributed by atoms with Crippen LogP contribution in [0.15, 0.2) is 42.5 Å². The Kier molecular flexibility index (Phi) is 6.37. The fraction of sp³-hybridized carbons (Fsp3) is 0.348. The second kappa shape index (κ2) is 9.05. The van der Waals surface area contributed by atoms with Gasteiger partial charge in [-0.05, 0) is 63.4 Å². The summed E-state index contributed by atoms with van der Waals surface area (Å²) in [4.78, 5) is 34.3. The van der Waals surface area contributed by atoms with E-state index in [1.807, 2.05) is 17.0 Å². The van der Waals surface area contributed by atoms with Gasteiger partial charge in [-0.25, -0.2) is 4.98 Å². The number of thiazole rings is 1. The number of nitrogens with one attached hydrogen (secondary N) is 1. The molecule has 0 aliphatic carbocycles. The third-order valence-corrected chi connectivity index (χ3v) is 6.57. The smallest absolute Gasteiger partial charge is 0.269 e. The lowest BCUT2D eigenvalue weighted by Gasteiger charge is -2.32. The predicted molar refractivity (Wildman–Crippen MR) is 128 cm³/mol. The van der Waals surface area contributed by atoms with Gasteiger partial charge in [-0.15, -0.1) is 0 Å². The van der Waals surface area contributed by atoms with Crippen molar-refractivity contribution >= 4 is 50.1 Å². The lowest BCUT2D eigenvalue weighted by molar-refractivity contribution is -0.128. The van der Waals surface area contributed by atoms with Crippen molar-refractivity contribution in [1.82, 2.24) is 14.8 Å². The number of carbonyl (C=O) groups excluding carboxylic acids is 2. The normalized spacial score (nSPS) is 15.1. The summed E-state index contributed by atoms with van der Waals surface area (Å²) in [5.41, 5.74) is 0.250. The van der Waals surface area contributed by atoms with Gasteiger partial charge in [0.25, 0.3) is 11.8 Å². The summed E-state index contributed by atoms with van der Waals surface area (Å²) in [7, 11) is 2.06. The second-order valence-corrected chi connectivity index (χ2v) is 9.78. The first-order valence-electron chi connectivity index (χ1n) is 10.4. The van der Waals surface area contributed by atoms with E-state index in [0.717, 1.165) is 36.4 Å². The number of fused-ring (bicyclic) bond motifs is 1. The van der Waals surface area contributed by atoms with Crippen molar-refractivity contribution in [3.05, 3.63) is 53.1 Å². The Hall–Kier alpha value is -2.68. The molecule has 0 saturated carbocycles. The van der Waals surface area contributed by atoms with Gasteiger partial charge >= 0.3 is 0 Å². The van der Waals surface area contributed by atoms with E-state index in [0.29, 0.717) is 21.5 Å². The van der Waals surface area contributed by atoms with Gasteiger partial charge in [0, 0.05) is 36.8 Å². The number of likely N-dealkylation sites (N-methyl/N-ethyl adjacent to an activating group) is 1. The number of rotatable bonds is 5. The monoisotopic (exact) mass is 472 g/mol. The summed E-state index contributed by atoms with van der Waals surface area (Å²) in [6, 6.07) is 12.3. The fourth-order valence-electron chi connectivity index (χ4n) is 3.39. The Bertz CT molecular complexity index is 1140. The Morgan fingerprint density at radius 2 is 1.78 bits per heavy atom. The van der Waals surface area contributed by atoms with Gasteiger partial charge in [0.05, 0.1) is 10.2 Å². The Morgan fingerprint density at radius 1 is 1.09 bits per heavy atom. The number of nitrogens with zero attached hydrogens (tertiary/aromatic N) is 3. The molecule has 1 aliphatic heterocycles. The van der Waals surface area contributed by atoms with Gasteiger partial charge in [0.1, 0.15) is 5.75 Å². The third kappa shape index (κ3) is 5.03. The Balaban J connectivity index is 1.46. The van der Waals surface area contributed by atoms with Crippen molar-refractivity contribution < 1.29 is 14.3 Å². The average Bonchev–Trinajstić information content (AvgIpc) is 3.16. The molecule has 0 spiro atoms. The van der Waals surface area contributed by atoms with Crippen LogP contribution in [0.5, 0.6) is 5.75 Å². The molecule has 4 rings (SSSR count). The molecule has 1 aliphatic rings. The molecule has 2 heterocycles. The zero-order valence-electron chi connectivity index (χ0n) is 18.2. The van der Waals surface area contributed by atoms with E-state index >= 15 is 0 Å². The van der Waals surface area contributed by atoms with Gasteiger partial charge < -0.3 is 14.5 Å². The van der Waals surface area contributed by atoms with Crippen LogP contribution in [0.1, 0.15) is 24.2 Å². The van der Waals surface area contributed by atoms with Crippen LogP contribution in [-0.2, 0) is 4.79 Å². The van der Waals surface area contributed by atoms with Crippen LogP contribution in [0.3, 0.4) is 0 Å². The van der Waals surface area contributed by atoms with E-state index in [4.69, 9.17) is 16.3 Å². The number of carbonyl (C=O) groups is 2. The first-order chi connectivity index (χ1) is 15.2. The molecular formula is C23H25ClN4O3S. The van der Waals surface area contributed by atoms with Crippen molar-refractivity contribution in [1.29, 1.82) is 0 Å². The number of piperazine rings is 1. The highest BCUT2D eigenvalue weighted by molar-refractivity contribution is 7.22. The molecule has 0 radical (unpaired) electrons. The zero-order chi connectivity index (χ0) is 22.9. The Morgan fingerprint density at radius 3 is 2.47 bits per heavy atom. The van der Waals surface area contributed by atoms with Crippen molar-refractivity contribution in [3.8, 4) is 5.75 Å². The summed E-state index contributed by atoms with van der Waals surface area (Å²) >= 11 is 7.24. The SMILES string of the molecule is CN1CCN(C(=O)c2ccc3nc(NC(=O)C(C)(C)Oc4ccc(Cl)cc4)sc3c2)CC1. The highest BCUT2D eigenvalue weighted by Crippen LogP contribution is 2.29. The highest BCUT2D eigenvalue weighted by Gasteiger charge is 2.31. The largest absolute Gasteiger partial charge is 0.478 e. The maximum atomic E-state index is 12.9. The molecular weight excluding hydrogens is 448 g/mol. The maximum Gasteiger partial charge on any atom is 0.269 e. The van der Waals surface area contributed by atoms with Crippen molar-refractivity contribution in [2.45, 2.75) is 19.4 Å². The van der Waals surface area contributed by atoms with Crippen LogP contribution in [0.25, 0.3) is 10.2 Å². The fourth-order valence-corrected chi connectivity index (χ4v) is 4.42. The number of hydrogen-bond acceptors (Lipinski definition) is 6. The first-order valence-corrected chi connectivity index (χ1v) is 11.6. The minimum atomic E-state index is -1.12. The minimum absolute atomic E-state index is 0.0245. The van der Waals surface area contributed by atoms with Gasteiger partial charge in [-0.3, -0.25) is 14.9 Å². The maximum absolute atomic E-state index is 12.9. The van der Waals surface area contributed by atoms with Crippen LogP contribution in [0.4, 0.5) is 5.13 Å². The number of anilines is 1. The number of halogens is 1. The lowest BCUT2D eigenvalue weighted by Crippen LogP contribution is -2.47. The van der Waals surface area contributed by atoms with Crippen LogP contribution in [-0.4, -0.2) is 65.4 Å². The average molecular weight is 473 g/mol. The van der Waals surface area contributed by atoms with Gasteiger partial charge in [0.15, 0.2) is 10.7 Å². The second-order valence-electron chi connectivity index (χ2n) is 8.32. The van der Waals surface area contributed by atoms with E-state index in [9.17, 15) is 9.59 Å². The minimum Gasteiger partial charge on any atom is -0.478 e. The molecule has 32 heavy (non-hydrogen) atoms. The van der Waals surface area contributed by atoms with E-state index in [1.165, 1.54) is 11.3 Å². The number of aromatic nitrogens is 1. The standard InChI is InChI=1S/C23H25ClN4O3S/c1-23(2,31-17-7-5-16(24)6-8-17)21(30)26-22-25-18-9-4-15(14-19(18)32-22)20(29)28-12-10-27(3)11-13-28/h4-9,14H,10-13H2,1-3H3,(H,25,26,30). The van der Waals surface area contributed by atoms with Crippen molar-refractivity contribution in [2.75, 3.05) is 38.5 Å². The zero-order valence-corrected chi connectivity index (χ0v) is 19.8. The van der Waals surface area contributed by atoms with E-state index in [1.54, 1.807) is 44.2 Å². The van der Waals surface area contributed by atoms with Crippen LogP contribution in [0, 0.1) is 0 Å². The highest BCUT2D eigenvalue weighted by atomic mass is 35.5. The topological polar surface area (TPSA) is 74.8 Å². The lowest BCUT2D eigenvalue weighted by atomic mass is 10.1. The summed E-state index contributed by atoms with van der Waals surface area (Å²) in [6.07, 6.45) is 0. The number of ether oxygens (including phenoxy) is 1. The number of amides is 2. The number of hydrogen-bond donors (Lipinski definition) is 1. The molecule has 9 heteroatoms. The quantitative estimate of drug-likeness (QED) is 0.604. The molecule has 0 bridgehead atoms. The van der Waals surface area contributed by atoms with Crippen LogP contribution >= 0.6 is 22.9 Å². The third-order valence-electron chi connectivity index (χ3n) is 5.38. The molecule has 168 valence electrons. The first kappa shape index (κ1) is 22.5. The summed E-state index contributed by atoms with van der Waals surface area (Å²) in [6.45, 7) is 6.57. The Labute approximate surface area is 195 Å². The van der Waals surface area contributed by atoms with Crippen LogP contribution in [0.2, 0.25) is 5.02 Å². The molecule has 1 N–H and O–H groups in total. The van der Waals surface area contributed by atoms with E-state index in [2.05, 4.69) is 22.2 Å². The van der Waals surface area contributed by atoms with Gasteiger partial charge in [-0.2, -0.15) is 0 Å². The molecule has 2 amide bonds. The summed E-state index contributed by atoms with van der Waals surface area (Å²) in [5.74, 6) is 0.252. The molecule has 2 aromatic carbocycles. The van der Waals surface area contributed by atoms with Crippen molar-refractivity contribution in [3.63, 3.8) is 0 Å². The molecule has 3 aromatic rings. The molecule has 1 aromatic heterocycles. The summed E-state index contributed by atoms with van der Waals surface area (Å²) < 4.78 is 6.69. The summed E-state index contributed by atoms with van der Waals surface area (Å²) in [5, 5.41) is 3.89.